The quantitative estimate of drug-likeness (QED) is 0.243. The third kappa shape index (κ3) is 8.40. The van der Waals surface area contributed by atoms with E-state index in [1.54, 1.807) is 0 Å². The number of piperidine rings is 1. The zero-order chi connectivity index (χ0) is 28.0. The number of carbonyl (C=O) groups is 1. The first-order valence-corrected chi connectivity index (χ1v) is 14.4. The summed E-state index contributed by atoms with van der Waals surface area (Å²) >= 11 is 1.30. The molecule has 1 fully saturated rings. The molecule has 4 N–H and O–H groups in total. The van der Waals surface area contributed by atoms with E-state index in [1.165, 1.54) is 11.3 Å². The molecule has 0 aliphatic carbocycles. The highest BCUT2D eigenvalue weighted by Crippen LogP contribution is 2.30. The van der Waals surface area contributed by atoms with Crippen LogP contribution in [-0.2, 0) is 16.0 Å². The molecule has 39 heavy (non-hydrogen) atoms. The molecule has 2 aromatic rings. The highest BCUT2D eigenvalue weighted by atomic mass is 32.1. The van der Waals surface area contributed by atoms with Crippen molar-refractivity contribution in [1.82, 2.24) is 10.3 Å². The number of fused-ring (bicyclic) bond motifs is 1. The Kier molecular flexibility index (Phi) is 9.45. The predicted molar refractivity (Wildman–Crippen MR) is 155 cm³/mol. The first kappa shape index (κ1) is 28.8. The van der Waals surface area contributed by atoms with Gasteiger partial charge in [-0.05, 0) is 103 Å². The predicted octanol–water partition coefficient (Wildman–Crippen LogP) is 4.72. The van der Waals surface area contributed by atoms with Crippen LogP contribution in [0.4, 0.5) is 9.93 Å². The lowest BCUT2D eigenvalue weighted by atomic mass is 9.97. The van der Waals surface area contributed by atoms with Gasteiger partial charge in [-0.25, -0.2) is 9.78 Å². The summed E-state index contributed by atoms with van der Waals surface area (Å²) in [7, 11) is 0. The van der Waals surface area contributed by atoms with Crippen molar-refractivity contribution in [2.75, 3.05) is 25.0 Å². The summed E-state index contributed by atoms with van der Waals surface area (Å²) in [5.74, 6) is 2.03. The SMILES string of the molecule is C/C(=N\OC(C)C1CCc2cc(C(N)=NCC3CCNCC3)ccc2O1)c1csc(NC(=O)OC(C)(C)C)n1. The third-order valence-corrected chi connectivity index (χ3v) is 7.43. The molecule has 2 aliphatic heterocycles. The molecule has 2 unspecified atom stereocenters. The van der Waals surface area contributed by atoms with Gasteiger partial charge in [0.25, 0.3) is 0 Å². The van der Waals surface area contributed by atoms with Crippen LogP contribution in [0.2, 0.25) is 0 Å². The average Bonchev–Trinajstić information content (AvgIpc) is 3.37. The highest BCUT2D eigenvalue weighted by molar-refractivity contribution is 7.14. The van der Waals surface area contributed by atoms with Crippen LogP contribution < -0.4 is 21.1 Å². The first-order chi connectivity index (χ1) is 18.6. The number of carbonyl (C=O) groups excluding carboxylic acids is 1. The number of oxime groups is 1. The second-order valence-corrected chi connectivity index (χ2v) is 11.9. The fraction of sp³-hybridized carbons (Fsp3) is 0.571. The minimum Gasteiger partial charge on any atom is -0.486 e. The van der Waals surface area contributed by atoms with Crippen LogP contribution in [0.15, 0.2) is 33.7 Å². The number of ether oxygens (including phenoxy) is 2. The smallest absolute Gasteiger partial charge is 0.413 e. The molecule has 0 bridgehead atoms. The van der Waals surface area contributed by atoms with Gasteiger partial charge in [0.15, 0.2) is 11.2 Å². The van der Waals surface area contributed by atoms with E-state index in [0.717, 1.165) is 62.2 Å². The van der Waals surface area contributed by atoms with Gasteiger partial charge in [0.1, 0.15) is 34.7 Å². The molecule has 11 heteroatoms. The number of amidine groups is 1. The molecule has 0 radical (unpaired) electrons. The number of hydrogen-bond acceptors (Lipinski definition) is 9. The van der Waals surface area contributed by atoms with Gasteiger partial charge in [0.2, 0.25) is 0 Å². The van der Waals surface area contributed by atoms with Crippen molar-refractivity contribution in [3.05, 3.63) is 40.4 Å². The minimum absolute atomic E-state index is 0.134. The molecule has 1 saturated heterocycles. The van der Waals surface area contributed by atoms with E-state index in [-0.39, 0.29) is 12.2 Å². The van der Waals surface area contributed by atoms with E-state index >= 15 is 0 Å². The van der Waals surface area contributed by atoms with Crippen LogP contribution in [0.1, 0.15) is 70.7 Å². The zero-order valence-corrected chi connectivity index (χ0v) is 24.3. The number of hydrogen-bond donors (Lipinski definition) is 3. The summed E-state index contributed by atoms with van der Waals surface area (Å²) in [4.78, 5) is 26.8. The van der Waals surface area contributed by atoms with Gasteiger partial charge in [-0.3, -0.25) is 10.3 Å². The van der Waals surface area contributed by atoms with Crippen molar-refractivity contribution in [3.63, 3.8) is 0 Å². The molecule has 4 rings (SSSR count). The summed E-state index contributed by atoms with van der Waals surface area (Å²) in [6, 6.07) is 6.03. The van der Waals surface area contributed by atoms with E-state index in [4.69, 9.17) is 20.0 Å². The third-order valence-electron chi connectivity index (χ3n) is 6.67. The maximum Gasteiger partial charge on any atom is 0.413 e. The van der Waals surface area contributed by atoms with Crippen LogP contribution in [0.3, 0.4) is 0 Å². The van der Waals surface area contributed by atoms with E-state index in [9.17, 15) is 4.79 Å². The van der Waals surface area contributed by atoms with Crippen molar-refractivity contribution in [1.29, 1.82) is 0 Å². The number of thiazole rings is 1. The number of nitrogens with one attached hydrogen (secondary N) is 2. The number of aromatic nitrogens is 1. The fourth-order valence-electron chi connectivity index (χ4n) is 4.45. The molecule has 2 aliphatic rings. The average molecular weight is 557 g/mol. The maximum atomic E-state index is 12.0. The van der Waals surface area contributed by atoms with Crippen LogP contribution in [0.25, 0.3) is 0 Å². The Labute approximate surface area is 234 Å². The van der Waals surface area contributed by atoms with Gasteiger partial charge in [0.05, 0.1) is 0 Å². The lowest BCUT2D eigenvalue weighted by Crippen LogP contribution is -2.34. The molecule has 1 amide bonds. The number of nitrogens with two attached hydrogens (primary N) is 1. The van der Waals surface area contributed by atoms with Crippen LogP contribution >= 0.6 is 11.3 Å². The summed E-state index contributed by atoms with van der Waals surface area (Å²) in [5.41, 5.74) is 9.04. The summed E-state index contributed by atoms with van der Waals surface area (Å²) < 4.78 is 11.5. The Hall–Kier alpha value is -3.18. The van der Waals surface area contributed by atoms with Gasteiger partial charge < -0.3 is 25.4 Å². The lowest BCUT2D eigenvalue weighted by Gasteiger charge is -2.29. The van der Waals surface area contributed by atoms with Crippen molar-refractivity contribution >= 4 is 34.1 Å². The van der Waals surface area contributed by atoms with E-state index in [2.05, 4.69) is 31.8 Å². The summed E-state index contributed by atoms with van der Waals surface area (Å²) in [5, 5.41) is 12.6. The number of rotatable bonds is 8. The van der Waals surface area contributed by atoms with Crippen LogP contribution in [-0.4, -0.2) is 60.1 Å². The molecule has 0 spiro atoms. The highest BCUT2D eigenvalue weighted by Gasteiger charge is 2.27. The number of anilines is 1. The first-order valence-electron chi connectivity index (χ1n) is 13.5. The number of aryl methyl sites for hydroxylation is 1. The minimum atomic E-state index is -0.580. The maximum absolute atomic E-state index is 12.0. The van der Waals surface area contributed by atoms with E-state index in [0.29, 0.717) is 28.3 Å². The van der Waals surface area contributed by atoms with Crippen molar-refractivity contribution in [3.8, 4) is 5.75 Å². The second kappa shape index (κ2) is 12.8. The Morgan fingerprint density at radius 1 is 1.31 bits per heavy atom. The Bertz CT molecular complexity index is 1200. The monoisotopic (exact) mass is 556 g/mol. The van der Waals surface area contributed by atoms with Gasteiger partial charge in [0, 0.05) is 17.5 Å². The Morgan fingerprint density at radius 3 is 2.82 bits per heavy atom. The lowest BCUT2D eigenvalue weighted by molar-refractivity contribution is -0.0203. The molecular formula is C28H40N6O4S. The second-order valence-electron chi connectivity index (χ2n) is 11.1. The van der Waals surface area contributed by atoms with Crippen molar-refractivity contribution < 1.29 is 19.1 Å². The number of aliphatic imine (C=N–C) groups is 1. The van der Waals surface area contributed by atoms with Crippen molar-refractivity contribution in [2.24, 2.45) is 21.8 Å². The van der Waals surface area contributed by atoms with E-state index in [1.807, 2.05) is 52.1 Å². The fourth-order valence-corrected chi connectivity index (χ4v) is 5.19. The summed E-state index contributed by atoms with van der Waals surface area (Å²) in [6.45, 7) is 12.1. The largest absolute Gasteiger partial charge is 0.486 e. The number of nitrogens with zero attached hydrogens (tertiary/aromatic N) is 3. The zero-order valence-electron chi connectivity index (χ0n) is 23.5. The molecular weight excluding hydrogens is 516 g/mol. The molecule has 2 atom stereocenters. The van der Waals surface area contributed by atoms with Gasteiger partial charge in [-0.1, -0.05) is 5.16 Å². The Balaban J connectivity index is 1.29. The van der Waals surface area contributed by atoms with Gasteiger partial charge in [-0.15, -0.1) is 11.3 Å². The van der Waals surface area contributed by atoms with Gasteiger partial charge >= 0.3 is 6.09 Å². The normalized spacial score (nSPS) is 19.6. The van der Waals surface area contributed by atoms with Crippen LogP contribution in [0, 0.1) is 5.92 Å². The molecule has 212 valence electrons. The Morgan fingerprint density at radius 2 is 2.08 bits per heavy atom. The molecule has 10 nitrogen and oxygen atoms in total. The molecule has 0 saturated carbocycles. The number of benzene rings is 1. The molecule has 1 aromatic heterocycles. The summed E-state index contributed by atoms with van der Waals surface area (Å²) in [6.07, 6.45) is 3.02. The topological polar surface area (TPSA) is 132 Å². The standard InChI is InChI=1S/C28H40N6O4S/c1-17(22-16-39-26(32-22)33-27(35)37-28(3,4)5)34-38-18(2)23-8-6-20-14-21(7-9-24(20)36-23)25(29)31-15-19-10-12-30-13-11-19/h7,9,14,16,18-19,23,30H,6,8,10-13,15H2,1-5H3,(H2,29,31)(H,32,33,35)/b34-17+. The van der Waals surface area contributed by atoms with E-state index < -0.39 is 11.7 Å². The van der Waals surface area contributed by atoms with Crippen molar-refractivity contribution in [2.45, 2.75) is 78.1 Å². The molecule has 3 heterocycles. The number of amides is 1. The molecule has 1 aromatic carbocycles. The van der Waals surface area contributed by atoms with Gasteiger partial charge in [-0.2, -0.15) is 0 Å². The van der Waals surface area contributed by atoms with Crippen LogP contribution in [0.5, 0.6) is 5.75 Å².